The molecule has 68 valence electrons. The highest BCUT2D eigenvalue weighted by Crippen LogP contribution is 2.25. The smallest absolute Gasteiger partial charge is 0.102 e. The molecule has 2 aromatic heterocycles. The van der Waals surface area contributed by atoms with Crippen LogP contribution >= 0.6 is 22.6 Å². The SMILES string of the molecule is Ic1cc2c(cn1)[nH]c1ccccc12. The Morgan fingerprint density at radius 2 is 1.93 bits per heavy atom. The quantitative estimate of drug-likeness (QED) is 0.500. The summed E-state index contributed by atoms with van der Waals surface area (Å²) in [6.45, 7) is 0. The molecule has 0 amide bonds. The summed E-state index contributed by atoms with van der Waals surface area (Å²) >= 11 is 2.23. The number of nitrogens with one attached hydrogen (secondary N) is 1. The predicted octanol–water partition coefficient (Wildman–Crippen LogP) is 3.32. The number of H-pyrrole nitrogens is 1. The van der Waals surface area contributed by atoms with Gasteiger partial charge in [0, 0.05) is 16.3 Å². The van der Waals surface area contributed by atoms with Crippen LogP contribution in [0.3, 0.4) is 0 Å². The third-order valence-electron chi connectivity index (χ3n) is 2.36. The second kappa shape index (κ2) is 2.95. The summed E-state index contributed by atoms with van der Waals surface area (Å²) in [5.41, 5.74) is 2.28. The fourth-order valence-corrected chi connectivity index (χ4v) is 2.18. The Balaban J connectivity index is 2.58. The summed E-state index contributed by atoms with van der Waals surface area (Å²) in [4.78, 5) is 7.60. The van der Waals surface area contributed by atoms with E-state index >= 15 is 0 Å². The molecule has 0 atom stereocenters. The van der Waals surface area contributed by atoms with E-state index in [4.69, 9.17) is 0 Å². The van der Waals surface area contributed by atoms with E-state index in [1.54, 1.807) is 0 Å². The average molecular weight is 294 g/mol. The van der Waals surface area contributed by atoms with E-state index in [1.807, 2.05) is 12.3 Å². The number of hydrogen-bond donors (Lipinski definition) is 1. The first kappa shape index (κ1) is 8.23. The van der Waals surface area contributed by atoms with Crippen molar-refractivity contribution in [3.05, 3.63) is 40.2 Å². The standard InChI is InChI=1S/C11H7IN2/c12-11-5-8-7-3-1-2-4-9(7)14-10(8)6-13-11/h1-6,14H. The van der Waals surface area contributed by atoms with Gasteiger partial charge in [-0.25, -0.2) is 4.98 Å². The van der Waals surface area contributed by atoms with Crippen LogP contribution in [0.4, 0.5) is 0 Å². The van der Waals surface area contributed by atoms with Crippen molar-refractivity contribution >= 4 is 44.4 Å². The van der Waals surface area contributed by atoms with Crippen LogP contribution < -0.4 is 0 Å². The Hall–Kier alpha value is -1.10. The van der Waals surface area contributed by atoms with Crippen molar-refractivity contribution < 1.29 is 0 Å². The van der Waals surface area contributed by atoms with Gasteiger partial charge in [0.1, 0.15) is 3.70 Å². The Bertz CT molecular complexity index is 613. The van der Waals surface area contributed by atoms with Gasteiger partial charge >= 0.3 is 0 Å². The summed E-state index contributed by atoms with van der Waals surface area (Å²) < 4.78 is 1.03. The lowest BCUT2D eigenvalue weighted by Crippen LogP contribution is -1.77. The average Bonchev–Trinajstić information content (AvgIpc) is 2.56. The summed E-state index contributed by atoms with van der Waals surface area (Å²) in [5.74, 6) is 0. The highest BCUT2D eigenvalue weighted by Gasteiger charge is 2.03. The molecule has 3 aromatic rings. The Morgan fingerprint density at radius 1 is 1.07 bits per heavy atom. The van der Waals surface area contributed by atoms with Crippen LogP contribution in [0.5, 0.6) is 0 Å². The van der Waals surface area contributed by atoms with Gasteiger partial charge in [0.05, 0.1) is 11.7 Å². The van der Waals surface area contributed by atoms with Crippen LogP contribution in [0.25, 0.3) is 21.8 Å². The van der Waals surface area contributed by atoms with Crippen LogP contribution in [0.1, 0.15) is 0 Å². The van der Waals surface area contributed by atoms with Crippen molar-refractivity contribution in [2.45, 2.75) is 0 Å². The molecule has 2 heterocycles. The number of aromatic nitrogens is 2. The Kier molecular flexibility index (Phi) is 1.73. The molecule has 1 aromatic carbocycles. The van der Waals surface area contributed by atoms with Gasteiger partial charge in [-0.15, -0.1) is 0 Å². The normalized spacial score (nSPS) is 11.2. The molecule has 0 radical (unpaired) electrons. The lowest BCUT2D eigenvalue weighted by atomic mass is 10.2. The second-order valence-electron chi connectivity index (χ2n) is 3.22. The molecule has 0 aliphatic rings. The summed E-state index contributed by atoms with van der Waals surface area (Å²) in [6.07, 6.45) is 1.89. The largest absolute Gasteiger partial charge is 0.353 e. The number of rotatable bonds is 0. The van der Waals surface area contributed by atoms with Gasteiger partial charge in [-0.2, -0.15) is 0 Å². The van der Waals surface area contributed by atoms with Crippen molar-refractivity contribution in [1.82, 2.24) is 9.97 Å². The molecule has 0 spiro atoms. The number of fused-ring (bicyclic) bond motifs is 3. The molecule has 14 heavy (non-hydrogen) atoms. The van der Waals surface area contributed by atoms with Gasteiger partial charge in [-0.1, -0.05) is 18.2 Å². The number of aromatic amines is 1. The maximum atomic E-state index is 4.26. The first-order valence-corrected chi connectivity index (χ1v) is 5.44. The Morgan fingerprint density at radius 3 is 2.86 bits per heavy atom. The predicted molar refractivity (Wildman–Crippen MR) is 66.3 cm³/mol. The molecule has 1 N–H and O–H groups in total. The van der Waals surface area contributed by atoms with Gasteiger partial charge in [0.2, 0.25) is 0 Å². The van der Waals surface area contributed by atoms with Gasteiger partial charge < -0.3 is 4.98 Å². The molecule has 0 saturated carbocycles. The van der Waals surface area contributed by atoms with E-state index in [-0.39, 0.29) is 0 Å². The number of hydrogen-bond acceptors (Lipinski definition) is 1. The number of nitrogens with zero attached hydrogens (tertiary/aromatic N) is 1. The van der Waals surface area contributed by atoms with Crippen LogP contribution in [0, 0.1) is 3.70 Å². The zero-order valence-corrected chi connectivity index (χ0v) is 9.45. The first-order chi connectivity index (χ1) is 6.84. The van der Waals surface area contributed by atoms with Gasteiger partial charge in [0.15, 0.2) is 0 Å². The van der Waals surface area contributed by atoms with Crippen molar-refractivity contribution in [1.29, 1.82) is 0 Å². The zero-order valence-electron chi connectivity index (χ0n) is 7.29. The third-order valence-corrected chi connectivity index (χ3v) is 2.95. The van der Waals surface area contributed by atoms with Gasteiger partial charge in [0.25, 0.3) is 0 Å². The van der Waals surface area contributed by atoms with E-state index in [2.05, 4.69) is 56.8 Å². The topological polar surface area (TPSA) is 28.7 Å². The fourth-order valence-electron chi connectivity index (χ4n) is 1.72. The van der Waals surface area contributed by atoms with Gasteiger partial charge in [-0.3, -0.25) is 0 Å². The molecule has 0 aliphatic heterocycles. The molecule has 3 heteroatoms. The summed E-state index contributed by atoms with van der Waals surface area (Å²) in [5, 5.41) is 2.52. The molecule has 0 aliphatic carbocycles. The molecule has 0 saturated heterocycles. The van der Waals surface area contributed by atoms with E-state index in [0.29, 0.717) is 0 Å². The summed E-state index contributed by atoms with van der Waals surface area (Å²) in [7, 11) is 0. The highest BCUT2D eigenvalue weighted by atomic mass is 127. The van der Waals surface area contributed by atoms with Crippen molar-refractivity contribution in [3.63, 3.8) is 0 Å². The van der Waals surface area contributed by atoms with Crippen LogP contribution in [0.2, 0.25) is 0 Å². The van der Waals surface area contributed by atoms with Gasteiger partial charge in [-0.05, 0) is 34.7 Å². The highest BCUT2D eigenvalue weighted by molar-refractivity contribution is 14.1. The Labute approximate surface area is 94.5 Å². The number of pyridine rings is 1. The van der Waals surface area contributed by atoms with Crippen LogP contribution in [0.15, 0.2) is 36.5 Å². The van der Waals surface area contributed by atoms with E-state index < -0.39 is 0 Å². The minimum absolute atomic E-state index is 1.03. The zero-order chi connectivity index (χ0) is 9.54. The van der Waals surface area contributed by atoms with Crippen LogP contribution in [-0.2, 0) is 0 Å². The molecule has 0 fully saturated rings. The van der Waals surface area contributed by atoms with E-state index in [1.165, 1.54) is 16.3 Å². The lowest BCUT2D eigenvalue weighted by molar-refractivity contribution is 1.29. The maximum absolute atomic E-state index is 4.26. The third kappa shape index (κ3) is 1.12. The number of benzene rings is 1. The van der Waals surface area contributed by atoms with E-state index in [9.17, 15) is 0 Å². The molecule has 2 nitrogen and oxygen atoms in total. The molecule has 3 rings (SSSR count). The van der Waals surface area contributed by atoms with Crippen molar-refractivity contribution in [2.24, 2.45) is 0 Å². The number of halogens is 1. The molecule has 0 bridgehead atoms. The minimum Gasteiger partial charge on any atom is -0.353 e. The van der Waals surface area contributed by atoms with Crippen molar-refractivity contribution in [3.8, 4) is 0 Å². The second-order valence-corrected chi connectivity index (χ2v) is 4.33. The lowest BCUT2D eigenvalue weighted by Gasteiger charge is -1.90. The monoisotopic (exact) mass is 294 g/mol. The molecular formula is C11H7IN2. The number of para-hydroxylation sites is 1. The minimum atomic E-state index is 1.03. The summed E-state index contributed by atoms with van der Waals surface area (Å²) in [6, 6.07) is 10.4. The fraction of sp³-hybridized carbons (Fsp3) is 0. The van der Waals surface area contributed by atoms with Crippen molar-refractivity contribution in [2.75, 3.05) is 0 Å². The maximum Gasteiger partial charge on any atom is 0.102 e. The molecule has 0 unspecified atom stereocenters. The first-order valence-electron chi connectivity index (χ1n) is 4.36. The van der Waals surface area contributed by atoms with Crippen LogP contribution in [-0.4, -0.2) is 9.97 Å². The molecular weight excluding hydrogens is 287 g/mol. The van der Waals surface area contributed by atoms with E-state index in [0.717, 1.165) is 9.22 Å².